The Hall–Kier alpha value is -0.640. The highest BCUT2D eigenvalue weighted by atomic mass is 32.1. The largest absolute Gasteiger partial charge is 0.357 e. The van der Waals surface area contributed by atoms with E-state index in [-0.39, 0.29) is 0 Å². The van der Waals surface area contributed by atoms with E-state index in [4.69, 9.17) is 0 Å². The average Bonchev–Trinajstić information content (AvgIpc) is 2.67. The van der Waals surface area contributed by atoms with Crippen LogP contribution in [0.15, 0.2) is 0 Å². The van der Waals surface area contributed by atoms with Gasteiger partial charge in [-0.3, -0.25) is 0 Å². The maximum Gasteiger partial charge on any atom is 0.202 e. The van der Waals surface area contributed by atoms with Gasteiger partial charge in [-0.2, -0.15) is 4.37 Å². The van der Waals surface area contributed by atoms with Crippen LogP contribution in [0.1, 0.15) is 32.5 Å². The Morgan fingerprint density at radius 1 is 1.29 bits per heavy atom. The van der Waals surface area contributed by atoms with Crippen molar-refractivity contribution in [1.82, 2.24) is 9.36 Å². The first-order valence-electron chi connectivity index (χ1n) is 5.23. The van der Waals surface area contributed by atoms with Gasteiger partial charge in [-0.25, -0.2) is 4.98 Å². The highest BCUT2D eigenvalue weighted by Crippen LogP contribution is 2.33. The molecular weight excluding hydrogens is 194 g/mol. The average molecular weight is 211 g/mol. The number of rotatable bonds is 2. The number of hydrogen-bond donors (Lipinski definition) is 1. The van der Waals surface area contributed by atoms with Gasteiger partial charge < -0.3 is 5.32 Å². The standard InChI is InChI=1S/C10H17N3S/c1-6-4-5-7(2)9(6)12-10-11-8(3)13-14-10/h6-7,9H,4-5H2,1-3H3,(H,11,12,13). The second-order valence-electron chi connectivity index (χ2n) is 4.35. The summed E-state index contributed by atoms with van der Waals surface area (Å²) in [6.45, 7) is 6.56. The summed E-state index contributed by atoms with van der Waals surface area (Å²) < 4.78 is 4.18. The minimum absolute atomic E-state index is 0.586. The SMILES string of the molecule is Cc1nsc(NC2C(C)CCC2C)n1. The molecule has 1 aliphatic carbocycles. The van der Waals surface area contributed by atoms with Crippen molar-refractivity contribution in [2.45, 2.75) is 39.7 Å². The number of anilines is 1. The van der Waals surface area contributed by atoms with E-state index in [2.05, 4.69) is 28.5 Å². The first-order chi connectivity index (χ1) is 6.66. The molecule has 0 spiro atoms. The lowest BCUT2D eigenvalue weighted by Gasteiger charge is -2.20. The molecule has 14 heavy (non-hydrogen) atoms. The third-order valence-corrected chi connectivity index (χ3v) is 3.86. The van der Waals surface area contributed by atoms with Gasteiger partial charge in [0.1, 0.15) is 5.82 Å². The fourth-order valence-corrected chi connectivity index (χ4v) is 2.85. The highest BCUT2D eigenvalue weighted by molar-refractivity contribution is 7.09. The highest BCUT2D eigenvalue weighted by Gasteiger charge is 2.30. The molecule has 1 heterocycles. The van der Waals surface area contributed by atoms with Crippen molar-refractivity contribution in [3.63, 3.8) is 0 Å². The lowest BCUT2D eigenvalue weighted by atomic mass is 10.0. The molecule has 1 aliphatic rings. The summed E-state index contributed by atoms with van der Waals surface area (Å²) in [4.78, 5) is 4.34. The molecule has 3 nitrogen and oxygen atoms in total. The van der Waals surface area contributed by atoms with Gasteiger partial charge in [0, 0.05) is 17.6 Å². The molecule has 1 aromatic heterocycles. The van der Waals surface area contributed by atoms with E-state index in [0.717, 1.165) is 22.8 Å². The molecule has 2 unspecified atom stereocenters. The summed E-state index contributed by atoms with van der Waals surface area (Å²) in [5.41, 5.74) is 0. The molecule has 0 bridgehead atoms. The smallest absolute Gasteiger partial charge is 0.202 e. The number of nitrogens with one attached hydrogen (secondary N) is 1. The third kappa shape index (κ3) is 1.90. The first-order valence-corrected chi connectivity index (χ1v) is 6.01. The van der Waals surface area contributed by atoms with E-state index in [9.17, 15) is 0 Å². The van der Waals surface area contributed by atoms with E-state index >= 15 is 0 Å². The zero-order valence-electron chi connectivity index (χ0n) is 8.95. The molecule has 2 rings (SSSR count). The van der Waals surface area contributed by atoms with Gasteiger partial charge in [-0.05, 0) is 31.6 Å². The topological polar surface area (TPSA) is 37.8 Å². The minimum atomic E-state index is 0.586. The molecule has 1 N–H and O–H groups in total. The van der Waals surface area contributed by atoms with E-state index < -0.39 is 0 Å². The lowest BCUT2D eigenvalue weighted by Crippen LogP contribution is -2.27. The Balaban J connectivity index is 2.03. The van der Waals surface area contributed by atoms with Crippen LogP contribution < -0.4 is 5.32 Å². The van der Waals surface area contributed by atoms with Crippen molar-refractivity contribution < 1.29 is 0 Å². The minimum Gasteiger partial charge on any atom is -0.357 e. The zero-order chi connectivity index (χ0) is 10.1. The molecule has 0 amide bonds. The molecule has 0 radical (unpaired) electrons. The lowest BCUT2D eigenvalue weighted by molar-refractivity contribution is 0.487. The van der Waals surface area contributed by atoms with Crippen LogP contribution in [-0.2, 0) is 0 Å². The summed E-state index contributed by atoms with van der Waals surface area (Å²) in [5, 5.41) is 4.49. The van der Waals surface area contributed by atoms with Crippen LogP contribution in [0, 0.1) is 18.8 Å². The van der Waals surface area contributed by atoms with Crippen molar-refractivity contribution in [2.75, 3.05) is 5.32 Å². The van der Waals surface area contributed by atoms with Crippen LogP contribution in [0.3, 0.4) is 0 Å². The van der Waals surface area contributed by atoms with E-state index in [0.29, 0.717) is 6.04 Å². The summed E-state index contributed by atoms with van der Waals surface area (Å²) in [5.74, 6) is 2.39. The van der Waals surface area contributed by atoms with Crippen LogP contribution in [0.25, 0.3) is 0 Å². The van der Waals surface area contributed by atoms with Crippen LogP contribution in [-0.4, -0.2) is 15.4 Å². The molecule has 2 atom stereocenters. The molecule has 1 saturated carbocycles. The van der Waals surface area contributed by atoms with Gasteiger partial charge >= 0.3 is 0 Å². The fourth-order valence-electron chi connectivity index (χ4n) is 2.23. The number of aryl methyl sites for hydroxylation is 1. The number of aromatic nitrogens is 2. The van der Waals surface area contributed by atoms with Crippen molar-refractivity contribution >= 4 is 16.7 Å². The maximum absolute atomic E-state index is 4.34. The van der Waals surface area contributed by atoms with Crippen LogP contribution in [0.4, 0.5) is 5.13 Å². The Morgan fingerprint density at radius 3 is 2.43 bits per heavy atom. The third-order valence-electron chi connectivity index (χ3n) is 3.12. The second-order valence-corrected chi connectivity index (χ2v) is 5.10. The monoisotopic (exact) mass is 211 g/mol. The molecule has 0 aromatic carbocycles. The quantitative estimate of drug-likeness (QED) is 0.817. The molecule has 0 aliphatic heterocycles. The predicted octanol–water partition coefficient (Wildman–Crippen LogP) is 2.69. The maximum atomic E-state index is 4.34. The van der Waals surface area contributed by atoms with Crippen LogP contribution >= 0.6 is 11.5 Å². The zero-order valence-corrected chi connectivity index (χ0v) is 9.77. The Kier molecular flexibility index (Phi) is 2.72. The fraction of sp³-hybridized carbons (Fsp3) is 0.800. The molecule has 4 heteroatoms. The van der Waals surface area contributed by atoms with Gasteiger partial charge in [-0.15, -0.1) is 0 Å². The molecule has 1 fully saturated rings. The molecule has 0 saturated heterocycles. The Morgan fingerprint density at radius 2 is 1.93 bits per heavy atom. The van der Waals surface area contributed by atoms with Crippen molar-refractivity contribution in [1.29, 1.82) is 0 Å². The van der Waals surface area contributed by atoms with E-state index in [1.165, 1.54) is 24.4 Å². The van der Waals surface area contributed by atoms with Gasteiger partial charge in [0.2, 0.25) is 5.13 Å². The van der Waals surface area contributed by atoms with E-state index in [1.54, 1.807) is 0 Å². The molecule has 1 aromatic rings. The number of nitrogens with zero attached hydrogens (tertiary/aromatic N) is 2. The van der Waals surface area contributed by atoms with Gasteiger partial charge in [0.05, 0.1) is 0 Å². The van der Waals surface area contributed by atoms with E-state index in [1.807, 2.05) is 6.92 Å². The Bertz CT molecular complexity index is 300. The van der Waals surface area contributed by atoms with Gasteiger partial charge in [-0.1, -0.05) is 13.8 Å². The van der Waals surface area contributed by atoms with Gasteiger partial charge in [0.15, 0.2) is 0 Å². The first kappa shape index (κ1) is 9.90. The summed E-state index contributed by atoms with van der Waals surface area (Å²) in [7, 11) is 0. The summed E-state index contributed by atoms with van der Waals surface area (Å²) in [6.07, 6.45) is 2.66. The summed E-state index contributed by atoms with van der Waals surface area (Å²) in [6, 6.07) is 0.586. The normalized spacial score (nSPS) is 32.1. The van der Waals surface area contributed by atoms with Crippen LogP contribution in [0.2, 0.25) is 0 Å². The summed E-state index contributed by atoms with van der Waals surface area (Å²) >= 11 is 1.47. The predicted molar refractivity (Wildman–Crippen MR) is 59.6 cm³/mol. The van der Waals surface area contributed by atoms with Crippen molar-refractivity contribution in [3.05, 3.63) is 5.82 Å². The van der Waals surface area contributed by atoms with Crippen molar-refractivity contribution in [2.24, 2.45) is 11.8 Å². The second kappa shape index (κ2) is 3.85. The molecular formula is C10H17N3S. The molecule has 78 valence electrons. The van der Waals surface area contributed by atoms with Gasteiger partial charge in [0.25, 0.3) is 0 Å². The van der Waals surface area contributed by atoms with Crippen LogP contribution in [0.5, 0.6) is 0 Å². The van der Waals surface area contributed by atoms with Crippen molar-refractivity contribution in [3.8, 4) is 0 Å². The Labute approximate surface area is 89.1 Å². The number of hydrogen-bond acceptors (Lipinski definition) is 4.